The molecule has 0 saturated heterocycles. The second-order valence-corrected chi connectivity index (χ2v) is 4.18. The average molecular weight is 227 g/mol. The van der Waals surface area contributed by atoms with Crippen molar-refractivity contribution in [3.05, 3.63) is 59.4 Å². The number of ketones is 1. The molecule has 0 spiro atoms. The fourth-order valence-corrected chi connectivity index (χ4v) is 1.92. The Morgan fingerprint density at radius 2 is 1.94 bits per heavy atom. The molecular weight excluding hydrogens is 210 g/mol. The van der Waals surface area contributed by atoms with Gasteiger partial charge >= 0.3 is 0 Å². The van der Waals surface area contributed by atoms with E-state index in [4.69, 9.17) is 0 Å². The summed E-state index contributed by atoms with van der Waals surface area (Å²) in [7, 11) is 0. The van der Waals surface area contributed by atoms with Gasteiger partial charge in [0.2, 0.25) is 5.78 Å². The van der Waals surface area contributed by atoms with Crippen LogP contribution in [0.3, 0.4) is 0 Å². The van der Waals surface area contributed by atoms with Gasteiger partial charge < -0.3 is 4.98 Å². The van der Waals surface area contributed by atoms with Crippen LogP contribution >= 0.6 is 0 Å². The van der Waals surface area contributed by atoms with E-state index in [-0.39, 0.29) is 5.78 Å². The molecule has 0 atom stereocenters. The maximum atomic E-state index is 12.3. The third-order valence-corrected chi connectivity index (χ3v) is 2.90. The summed E-state index contributed by atoms with van der Waals surface area (Å²) in [5.74, 6) is 0.0849. The largest absolute Gasteiger partial charge is 0.358 e. The molecule has 2 rings (SSSR count). The zero-order valence-corrected chi connectivity index (χ0v) is 10.1. The van der Waals surface area contributed by atoms with Crippen LogP contribution in [0.15, 0.2) is 42.6 Å². The van der Waals surface area contributed by atoms with Gasteiger partial charge in [-0.25, -0.2) is 0 Å². The van der Waals surface area contributed by atoms with Gasteiger partial charge in [-0.1, -0.05) is 43.7 Å². The molecule has 0 aliphatic heterocycles. The molecule has 1 aromatic carbocycles. The van der Waals surface area contributed by atoms with Crippen LogP contribution in [0.25, 0.3) is 0 Å². The first kappa shape index (κ1) is 11.6. The molecule has 0 fully saturated rings. The summed E-state index contributed by atoms with van der Waals surface area (Å²) in [6.07, 6.45) is 5.08. The van der Waals surface area contributed by atoms with E-state index in [9.17, 15) is 4.79 Å². The molecule has 0 aliphatic rings. The number of aromatic nitrogens is 1. The van der Waals surface area contributed by atoms with Gasteiger partial charge in [0.25, 0.3) is 0 Å². The molecule has 2 nitrogen and oxygen atoms in total. The zero-order valence-electron chi connectivity index (χ0n) is 10.1. The molecule has 1 aromatic heterocycles. The van der Waals surface area contributed by atoms with Crippen molar-refractivity contribution in [2.75, 3.05) is 0 Å². The van der Waals surface area contributed by atoms with Crippen molar-refractivity contribution in [2.24, 2.45) is 0 Å². The van der Waals surface area contributed by atoms with Crippen LogP contribution in [0.2, 0.25) is 0 Å². The molecule has 0 amide bonds. The Bertz CT molecular complexity index is 485. The highest BCUT2D eigenvalue weighted by molar-refractivity contribution is 6.08. The maximum absolute atomic E-state index is 12.3. The van der Waals surface area contributed by atoms with E-state index in [1.165, 1.54) is 0 Å². The number of aryl methyl sites for hydroxylation is 1. The first-order chi connectivity index (χ1) is 8.33. The number of benzene rings is 1. The standard InChI is InChI=1S/C15H17NO/c1-2-3-7-12-10-11-16-14(12)15(17)13-8-5-4-6-9-13/h4-6,8-11,16H,2-3,7H2,1H3. The molecule has 2 heteroatoms. The summed E-state index contributed by atoms with van der Waals surface area (Å²) >= 11 is 0. The minimum atomic E-state index is 0.0849. The molecule has 88 valence electrons. The quantitative estimate of drug-likeness (QED) is 0.778. The third kappa shape index (κ3) is 2.64. The Labute approximate surface area is 102 Å². The van der Waals surface area contributed by atoms with E-state index in [0.29, 0.717) is 0 Å². The molecule has 1 heterocycles. The summed E-state index contributed by atoms with van der Waals surface area (Å²) < 4.78 is 0. The van der Waals surface area contributed by atoms with Crippen molar-refractivity contribution in [3.8, 4) is 0 Å². The van der Waals surface area contributed by atoms with Crippen LogP contribution in [0.4, 0.5) is 0 Å². The molecule has 0 bridgehead atoms. The van der Waals surface area contributed by atoms with E-state index in [0.717, 1.165) is 36.1 Å². The number of hydrogen-bond donors (Lipinski definition) is 1. The predicted octanol–water partition coefficient (Wildman–Crippen LogP) is 3.59. The summed E-state index contributed by atoms with van der Waals surface area (Å²) in [5, 5.41) is 0. The van der Waals surface area contributed by atoms with Crippen molar-refractivity contribution in [3.63, 3.8) is 0 Å². The fourth-order valence-electron chi connectivity index (χ4n) is 1.92. The van der Waals surface area contributed by atoms with Crippen LogP contribution in [0, 0.1) is 0 Å². The molecule has 17 heavy (non-hydrogen) atoms. The van der Waals surface area contributed by atoms with E-state index in [1.54, 1.807) is 0 Å². The lowest BCUT2D eigenvalue weighted by atomic mass is 10.0. The Hall–Kier alpha value is -1.83. The zero-order chi connectivity index (χ0) is 12.1. The fraction of sp³-hybridized carbons (Fsp3) is 0.267. The minimum Gasteiger partial charge on any atom is -0.358 e. The first-order valence-electron chi connectivity index (χ1n) is 6.09. The number of unbranched alkanes of at least 4 members (excludes halogenated alkanes) is 1. The summed E-state index contributed by atoms with van der Waals surface area (Å²) in [6, 6.07) is 11.4. The van der Waals surface area contributed by atoms with Gasteiger partial charge in [0.05, 0.1) is 5.69 Å². The lowest BCUT2D eigenvalue weighted by molar-refractivity contribution is 0.103. The van der Waals surface area contributed by atoms with Crippen LogP contribution < -0.4 is 0 Å². The smallest absolute Gasteiger partial charge is 0.209 e. The topological polar surface area (TPSA) is 32.9 Å². The van der Waals surface area contributed by atoms with Crippen molar-refractivity contribution in [1.82, 2.24) is 4.98 Å². The maximum Gasteiger partial charge on any atom is 0.209 e. The van der Waals surface area contributed by atoms with Gasteiger partial charge in [-0.05, 0) is 24.5 Å². The second kappa shape index (κ2) is 5.48. The lowest BCUT2D eigenvalue weighted by Gasteiger charge is -2.03. The SMILES string of the molecule is CCCCc1cc[nH]c1C(=O)c1ccccc1. The molecule has 0 unspecified atom stereocenters. The number of hydrogen-bond acceptors (Lipinski definition) is 1. The minimum absolute atomic E-state index is 0.0849. The van der Waals surface area contributed by atoms with Crippen LogP contribution in [-0.4, -0.2) is 10.8 Å². The predicted molar refractivity (Wildman–Crippen MR) is 69.3 cm³/mol. The second-order valence-electron chi connectivity index (χ2n) is 4.18. The molecule has 0 aliphatic carbocycles. The first-order valence-corrected chi connectivity index (χ1v) is 6.09. The highest BCUT2D eigenvalue weighted by atomic mass is 16.1. The van der Waals surface area contributed by atoms with E-state index in [2.05, 4.69) is 11.9 Å². The number of aromatic amines is 1. The van der Waals surface area contributed by atoms with Crippen molar-refractivity contribution >= 4 is 5.78 Å². The van der Waals surface area contributed by atoms with Crippen LogP contribution in [-0.2, 0) is 6.42 Å². The van der Waals surface area contributed by atoms with Gasteiger partial charge in [0.15, 0.2) is 0 Å². The highest BCUT2D eigenvalue weighted by Crippen LogP contribution is 2.15. The number of H-pyrrole nitrogens is 1. The van der Waals surface area contributed by atoms with Gasteiger partial charge in [0, 0.05) is 11.8 Å². The van der Waals surface area contributed by atoms with Crippen LogP contribution in [0.1, 0.15) is 41.4 Å². The van der Waals surface area contributed by atoms with Crippen molar-refractivity contribution < 1.29 is 4.79 Å². The Kier molecular flexibility index (Phi) is 3.76. The van der Waals surface area contributed by atoms with E-state index < -0.39 is 0 Å². The van der Waals surface area contributed by atoms with E-state index in [1.807, 2.05) is 42.6 Å². The molecule has 2 aromatic rings. The Morgan fingerprint density at radius 1 is 1.18 bits per heavy atom. The van der Waals surface area contributed by atoms with Gasteiger partial charge in [-0.15, -0.1) is 0 Å². The summed E-state index contributed by atoms with van der Waals surface area (Å²) in [5.41, 5.74) is 2.61. The molecule has 0 saturated carbocycles. The normalized spacial score (nSPS) is 10.4. The lowest BCUT2D eigenvalue weighted by Crippen LogP contribution is -2.04. The monoisotopic (exact) mass is 227 g/mol. The molecule has 1 N–H and O–H groups in total. The summed E-state index contributed by atoms with van der Waals surface area (Å²) in [4.78, 5) is 15.3. The van der Waals surface area contributed by atoms with Crippen molar-refractivity contribution in [2.45, 2.75) is 26.2 Å². The van der Waals surface area contributed by atoms with E-state index >= 15 is 0 Å². The number of carbonyl (C=O) groups excluding carboxylic acids is 1. The Morgan fingerprint density at radius 3 is 2.65 bits per heavy atom. The Balaban J connectivity index is 2.23. The summed E-state index contributed by atoms with van der Waals surface area (Å²) in [6.45, 7) is 2.16. The number of nitrogens with one attached hydrogen (secondary N) is 1. The number of rotatable bonds is 5. The van der Waals surface area contributed by atoms with Gasteiger partial charge in [-0.3, -0.25) is 4.79 Å². The number of carbonyl (C=O) groups is 1. The highest BCUT2D eigenvalue weighted by Gasteiger charge is 2.13. The van der Waals surface area contributed by atoms with Crippen molar-refractivity contribution in [1.29, 1.82) is 0 Å². The van der Waals surface area contributed by atoms with Gasteiger partial charge in [0.1, 0.15) is 0 Å². The average Bonchev–Trinajstić information content (AvgIpc) is 2.84. The van der Waals surface area contributed by atoms with Crippen LogP contribution in [0.5, 0.6) is 0 Å². The molecular formula is C15H17NO. The van der Waals surface area contributed by atoms with Gasteiger partial charge in [-0.2, -0.15) is 0 Å². The molecule has 0 radical (unpaired) electrons. The third-order valence-electron chi connectivity index (χ3n) is 2.90.